The first-order valence-electron chi connectivity index (χ1n) is 6.96. The molecule has 0 radical (unpaired) electrons. The molecule has 3 heteroatoms. The summed E-state index contributed by atoms with van der Waals surface area (Å²) in [6.07, 6.45) is 3.23. The molecule has 106 valence electrons. The van der Waals surface area contributed by atoms with Gasteiger partial charge in [0.1, 0.15) is 6.10 Å². The Morgan fingerprint density at radius 3 is 2.33 bits per heavy atom. The van der Waals surface area contributed by atoms with Gasteiger partial charge in [0.05, 0.1) is 0 Å². The Bertz CT molecular complexity index is 637. The van der Waals surface area contributed by atoms with Crippen molar-refractivity contribution in [3.63, 3.8) is 0 Å². The Balaban J connectivity index is 1.60. The van der Waals surface area contributed by atoms with Crippen LogP contribution in [0.25, 0.3) is 6.08 Å². The summed E-state index contributed by atoms with van der Waals surface area (Å²) in [7, 11) is 1.76. The number of nitrogens with zero attached hydrogens (tertiary/aromatic N) is 1. The molecule has 0 aliphatic carbocycles. The fraction of sp³-hybridized carbons (Fsp3) is 0.167. The van der Waals surface area contributed by atoms with Gasteiger partial charge < -0.3 is 9.64 Å². The van der Waals surface area contributed by atoms with Gasteiger partial charge in [-0.05, 0) is 17.2 Å². The fourth-order valence-electron chi connectivity index (χ4n) is 2.23. The molecule has 2 atom stereocenters. The van der Waals surface area contributed by atoms with Gasteiger partial charge in [-0.2, -0.15) is 0 Å². The van der Waals surface area contributed by atoms with Crippen LogP contribution in [0.3, 0.4) is 0 Å². The molecule has 0 N–H and O–H groups in total. The van der Waals surface area contributed by atoms with Crippen LogP contribution in [0.1, 0.15) is 17.2 Å². The number of hydrogen-bond donors (Lipinski definition) is 0. The summed E-state index contributed by atoms with van der Waals surface area (Å²) in [4.78, 5) is 13.8. The van der Waals surface area contributed by atoms with E-state index in [4.69, 9.17) is 4.74 Å². The van der Waals surface area contributed by atoms with E-state index in [1.54, 1.807) is 18.1 Å². The molecule has 2 aromatic rings. The van der Waals surface area contributed by atoms with Crippen molar-refractivity contribution in [3.8, 4) is 0 Å². The van der Waals surface area contributed by atoms with Gasteiger partial charge in [0.15, 0.2) is 6.10 Å². The molecular formula is C18H17NO2. The number of rotatable bonds is 4. The first-order chi connectivity index (χ1) is 10.3. The monoisotopic (exact) mass is 279 g/mol. The Kier molecular flexibility index (Phi) is 3.84. The SMILES string of the molecule is CN(/C=C\c1ccccc1)C(=O)C1OC1c1ccccc1. The molecule has 0 saturated carbocycles. The van der Waals surface area contributed by atoms with Crippen molar-refractivity contribution in [1.82, 2.24) is 4.90 Å². The molecule has 0 bridgehead atoms. The highest BCUT2D eigenvalue weighted by Crippen LogP contribution is 2.39. The highest BCUT2D eigenvalue weighted by Gasteiger charge is 2.46. The number of hydrogen-bond acceptors (Lipinski definition) is 2. The van der Waals surface area contributed by atoms with Crippen LogP contribution in [-0.2, 0) is 9.53 Å². The lowest BCUT2D eigenvalue weighted by atomic mass is 10.1. The minimum absolute atomic E-state index is 0.0176. The lowest BCUT2D eigenvalue weighted by Gasteiger charge is -2.10. The van der Waals surface area contributed by atoms with Crippen molar-refractivity contribution < 1.29 is 9.53 Å². The highest BCUT2D eigenvalue weighted by atomic mass is 16.6. The highest BCUT2D eigenvalue weighted by molar-refractivity contribution is 5.85. The van der Waals surface area contributed by atoms with Crippen molar-refractivity contribution in [2.24, 2.45) is 0 Å². The van der Waals surface area contributed by atoms with Crippen molar-refractivity contribution in [1.29, 1.82) is 0 Å². The van der Waals surface area contributed by atoms with Gasteiger partial charge in [-0.25, -0.2) is 0 Å². The molecule has 1 heterocycles. The first kappa shape index (κ1) is 13.6. The maximum atomic E-state index is 12.3. The largest absolute Gasteiger partial charge is 0.354 e. The lowest BCUT2D eigenvalue weighted by Crippen LogP contribution is -2.26. The topological polar surface area (TPSA) is 32.8 Å². The van der Waals surface area contributed by atoms with E-state index in [9.17, 15) is 4.79 Å². The molecule has 1 aliphatic rings. The van der Waals surface area contributed by atoms with E-state index in [0.29, 0.717) is 0 Å². The quantitative estimate of drug-likeness (QED) is 0.805. The maximum absolute atomic E-state index is 12.3. The van der Waals surface area contributed by atoms with Gasteiger partial charge in [-0.1, -0.05) is 60.7 Å². The first-order valence-corrected chi connectivity index (χ1v) is 6.96. The average molecular weight is 279 g/mol. The summed E-state index contributed by atoms with van der Waals surface area (Å²) >= 11 is 0. The van der Waals surface area contributed by atoms with Crippen LogP contribution < -0.4 is 0 Å². The number of likely N-dealkylation sites (N-methyl/N-ethyl adjacent to an activating group) is 1. The standard InChI is InChI=1S/C18H17NO2/c1-19(13-12-14-8-4-2-5-9-14)18(20)17-16(21-17)15-10-6-3-7-11-15/h2-13,16-17H,1H3/b13-12-. The summed E-state index contributed by atoms with van der Waals surface area (Å²) in [5.41, 5.74) is 2.12. The van der Waals surface area contributed by atoms with Crippen LogP contribution in [0, 0.1) is 0 Å². The van der Waals surface area contributed by atoms with E-state index in [1.807, 2.05) is 66.7 Å². The van der Waals surface area contributed by atoms with Gasteiger partial charge in [0.2, 0.25) is 0 Å². The average Bonchev–Trinajstić information content (AvgIpc) is 3.34. The van der Waals surface area contributed by atoms with Crippen LogP contribution in [0.5, 0.6) is 0 Å². The smallest absolute Gasteiger partial charge is 0.258 e. The number of benzene rings is 2. The second kappa shape index (κ2) is 5.94. The third kappa shape index (κ3) is 3.20. The molecule has 21 heavy (non-hydrogen) atoms. The number of epoxide rings is 1. The zero-order valence-electron chi connectivity index (χ0n) is 11.8. The Morgan fingerprint density at radius 2 is 1.67 bits per heavy atom. The minimum atomic E-state index is -0.363. The van der Waals surface area contributed by atoms with Crippen molar-refractivity contribution in [3.05, 3.63) is 78.0 Å². The van der Waals surface area contributed by atoms with Crippen molar-refractivity contribution in [2.75, 3.05) is 7.05 Å². The van der Waals surface area contributed by atoms with Crippen LogP contribution >= 0.6 is 0 Å². The molecule has 3 rings (SSSR count). The predicted molar refractivity (Wildman–Crippen MR) is 82.3 cm³/mol. The van der Waals surface area contributed by atoms with E-state index in [1.165, 1.54) is 0 Å². The Labute approximate surface area is 124 Å². The zero-order valence-corrected chi connectivity index (χ0v) is 11.8. The summed E-state index contributed by atoms with van der Waals surface area (Å²) in [5, 5.41) is 0. The lowest BCUT2D eigenvalue weighted by molar-refractivity contribution is -0.128. The summed E-state index contributed by atoms with van der Waals surface area (Å²) in [5.74, 6) is -0.0176. The molecule has 2 unspecified atom stereocenters. The molecule has 1 fully saturated rings. The second-order valence-corrected chi connectivity index (χ2v) is 5.06. The number of amides is 1. The molecule has 0 spiro atoms. The summed E-state index contributed by atoms with van der Waals surface area (Å²) in [6, 6.07) is 19.7. The normalized spacial score (nSPS) is 20.4. The van der Waals surface area contributed by atoms with Gasteiger partial charge in [-0.15, -0.1) is 0 Å². The predicted octanol–water partition coefficient (Wildman–Crippen LogP) is 3.26. The van der Waals surface area contributed by atoms with Crippen LogP contribution in [0.2, 0.25) is 0 Å². The van der Waals surface area contributed by atoms with Gasteiger partial charge in [0.25, 0.3) is 5.91 Å². The van der Waals surface area contributed by atoms with E-state index in [0.717, 1.165) is 11.1 Å². The van der Waals surface area contributed by atoms with E-state index >= 15 is 0 Å². The molecule has 1 saturated heterocycles. The van der Waals surface area contributed by atoms with E-state index in [2.05, 4.69) is 0 Å². The number of carbonyl (C=O) groups excluding carboxylic acids is 1. The van der Waals surface area contributed by atoms with E-state index < -0.39 is 0 Å². The molecule has 2 aromatic carbocycles. The number of ether oxygens (including phenoxy) is 1. The van der Waals surface area contributed by atoms with Crippen LogP contribution in [0.15, 0.2) is 66.9 Å². The zero-order chi connectivity index (χ0) is 14.7. The van der Waals surface area contributed by atoms with Gasteiger partial charge in [-0.3, -0.25) is 4.79 Å². The Hall–Kier alpha value is -2.39. The van der Waals surface area contributed by atoms with Crippen molar-refractivity contribution in [2.45, 2.75) is 12.2 Å². The molecule has 0 aromatic heterocycles. The molecule has 3 nitrogen and oxygen atoms in total. The maximum Gasteiger partial charge on any atom is 0.258 e. The summed E-state index contributed by atoms with van der Waals surface area (Å²) < 4.78 is 5.51. The van der Waals surface area contributed by atoms with Gasteiger partial charge >= 0.3 is 0 Å². The molecule has 1 aliphatic heterocycles. The molecular weight excluding hydrogens is 262 g/mol. The minimum Gasteiger partial charge on any atom is -0.354 e. The Morgan fingerprint density at radius 1 is 1.05 bits per heavy atom. The third-order valence-corrected chi connectivity index (χ3v) is 3.50. The fourth-order valence-corrected chi connectivity index (χ4v) is 2.23. The third-order valence-electron chi connectivity index (χ3n) is 3.50. The van der Waals surface area contributed by atoms with E-state index in [-0.39, 0.29) is 18.1 Å². The van der Waals surface area contributed by atoms with Gasteiger partial charge in [0, 0.05) is 13.2 Å². The summed E-state index contributed by atoms with van der Waals surface area (Å²) in [6.45, 7) is 0. The van der Waals surface area contributed by atoms with Crippen LogP contribution in [-0.4, -0.2) is 24.0 Å². The second-order valence-electron chi connectivity index (χ2n) is 5.06. The number of carbonyl (C=O) groups is 1. The molecule has 1 amide bonds. The van der Waals surface area contributed by atoms with Crippen LogP contribution in [0.4, 0.5) is 0 Å². The van der Waals surface area contributed by atoms with Crippen molar-refractivity contribution >= 4 is 12.0 Å².